The zero-order valence-corrected chi connectivity index (χ0v) is 8.96. The number of nitrogen functional groups attached to an aromatic ring is 1. The number of anilines is 1. The molecule has 0 saturated carbocycles. The van der Waals surface area contributed by atoms with Crippen LogP contribution in [0.5, 0.6) is 0 Å². The van der Waals surface area contributed by atoms with Gasteiger partial charge in [0.1, 0.15) is 5.82 Å². The van der Waals surface area contributed by atoms with Crippen LogP contribution < -0.4 is 5.73 Å². The number of rotatable bonds is 0. The smallest absolute Gasteiger partial charge is 0.142 e. The first-order chi connectivity index (χ1) is 5.04. The maximum Gasteiger partial charge on any atom is 0.142 e. The Labute approximate surface area is 81.0 Å². The van der Waals surface area contributed by atoms with Crippen molar-refractivity contribution in [2.24, 2.45) is 0 Å². The molecule has 0 heterocycles. The highest BCUT2D eigenvalue weighted by atomic mass is 79.9. The van der Waals surface area contributed by atoms with Crippen LogP contribution in [0.15, 0.2) is 15.0 Å². The third kappa shape index (κ3) is 1.56. The van der Waals surface area contributed by atoms with Crippen molar-refractivity contribution in [3.05, 3.63) is 26.4 Å². The second-order valence-corrected chi connectivity index (χ2v) is 3.90. The number of benzene rings is 1. The molecular weight excluding hydrogens is 277 g/mol. The van der Waals surface area contributed by atoms with E-state index in [0.29, 0.717) is 20.2 Å². The van der Waals surface area contributed by atoms with E-state index >= 15 is 0 Å². The highest BCUT2D eigenvalue weighted by molar-refractivity contribution is 9.11. The largest absolute Gasteiger partial charge is 0.398 e. The van der Waals surface area contributed by atoms with Crippen molar-refractivity contribution < 1.29 is 4.39 Å². The molecule has 2 N–H and O–H groups in total. The summed E-state index contributed by atoms with van der Waals surface area (Å²) in [7, 11) is 0. The minimum absolute atomic E-state index is 0.300. The van der Waals surface area contributed by atoms with Gasteiger partial charge >= 0.3 is 0 Å². The van der Waals surface area contributed by atoms with Crippen molar-refractivity contribution in [3.63, 3.8) is 0 Å². The second-order valence-electron chi connectivity index (χ2n) is 2.19. The summed E-state index contributed by atoms with van der Waals surface area (Å²) < 4.78 is 14.2. The first-order valence-electron chi connectivity index (χ1n) is 2.93. The Balaban J connectivity index is 3.46. The van der Waals surface area contributed by atoms with Crippen molar-refractivity contribution in [2.45, 2.75) is 6.92 Å². The summed E-state index contributed by atoms with van der Waals surface area (Å²) >= 11 is 6.28. The molecule has 1 aromatic rings. The minimum atomic E-state index is -0.300. The van der Waals surface area contributed by atoms with Gasteiger partial charge < -0.3 is 5.73 Å². The molecule has 0 fully saturated rings. The lowest BCUT2D eigenvalue weighted by molar-refractivity contribution is 0.612. The number of nitrogens with two attached hydrogens (primary N) is 1. The van der Waals surface area contributed by atoms with Gasteiger partial charge in [0.05, 0.1) is 10.2 Å². The Morgan fingerprint density at radius 1 is 1.36 bits per heavy atom. The first kappa shape index (κ1) is 9.00. The van der Waals surface area contributed by atoms with E-state index in [9.17, 15) is 4.39 Å². The van der Waals surface area contributed by atoms with E-state index in [1.807, 2.05) is 0 Å². The summed E-state index contributed by atoms with van der Waals surface area (Å²) in [6.07, 6.45) is 0. The Morgan fingerprint density at radius 3 is 2.45 bits per heavy atom. The molecule has 0 aliphatic heterocycles. The first-order valence-corrected chi connectivity index (χ1v) is 4.52. The van der Waals surface area contributed by atoms with E-state index in [1.165, 1.54) is 0 Å². The Kier molecular flexibility index (Phi) is 2.54. The quantitative estimate of drug-likeness (QED) is 0.574. The molecule has 0 saturated heterocycles. The zero-order chi connectivity index (χ0) is 8.59. The third-order valence-corrected chi connectivity index (χ3v) is 2.69. The minimum Gasteiger partial charge on any atom is -0.398 e. The summed E-state index contributed by atoms with van der Waals surface area (Å²) in [4.78, 5) is 0. The average molecular weight is 283 g/mol. The van der Waals surface area contributed by atoms with Crippen molar-refractivity contribution >= 4 is 37.5 Å². The number of hydrogen-bond donors (Lipinski definition) is 1. The van der Waals surface area contributed by atoms with Crippen LogP contribution in [-0.2, 0) is 0 Å². The van der Waals surface area contributed by atoms with E-state index in [4.69, 9.17) is 5.73 Å². The molecule has 1 rings (SSSR count). The second kappa shape index (κ2) is 3.11. The highest BCUT2D eigenvalue weighted by Crippen LogP contribution is 2.30. The van der Waals surface area contributed by atoms with Crippen molar-refractivity contribution in [2.75, 3.05) is 5.73 Å². The van der Waals surface area contributed by atoms with Crippen LogP contribution in [-0.4, -0.2) is 0 Å². The molecule has 0 aliphatic carbocycles. The fourth-order valence-electron chi connectivity index (χ4n) is 0.729. The van der Waals surface area contributed by atoms with E-state index in [2.05, 4.69) is 31.9 Å². The van der Waals surface area contributed by atoms with Gasteiger partial charge in [-0.05, 0) is 44.8 Å². The summed E-state index contributed by atoms with van der Waals surface area (Å²) in [5, 5.41) is 0. The van der Waals surface area contributed by atoms with Crippen molar-refractivity contribution in [1.82, 2.24) is 0 Å². The molecule has 4 heteroatoms. The fourth-order valence-corrected chi connectivity index (χ4v) is 2.09. The van der Waals surface area contributed by atoms with E-state index in [-0.39, 0.29) is 5.82 Å². The van der Waals surface area contributed by atoms with Gasteiger partial charge in [0.2, 0.25) is 0 Å². The van der Waals surface area contributed by atoms with Crippen LogP contribution in [0, 0.1) is 12.7 Å². The molecule has 60 valence electrons. The topological polar surface area (TPSA) is 26.0 Å². The summed E-state index contributed by atoms with van der Waals surface area (Å²) in [6.45, 7) is 1.64. The van der Waals surface area contributed by atoms with Crippen molar-refractivity contribution in [1.29, 1.82) is 0 Å². The van der Waals surface area contributed by atoms with Crippen LogP contribution in [0.3, 0.4) is 0 Å². The molecular formula is C7H6Br2FN. The molecule has 0 radical (unpaired) electrons. The summed E-state index contributed by atoms with van der Waals surface area (Å²) in [6, 6.07) is 1.59. The molecule has 0 bridgehead atoms. The lowest BCUT2D eigenvalue weighted by Crippen LogP contribution is -1.95. The number of hydrogen-bond acceptors (Lipinski definition) is 1. The Morgan fingerprint density at radius 2 is 1.91 bits per heavy atom. The Hall–Kier alpha value is -0.0900. The van der Waals surface area contributed by atoms with Gasteiger partial charge in [-0.1, -0.05) is 0 Å². The fraction of sp³-hybridized carbons (Fsp3) is 0.143. The molecule has 1 aromatic carbocycles. The normalized spacial score (nSPS) is 10.2. The number of halogens is 3. The molecule has 1 nitrogen and oxygen atoms in total. The van der Waals surface area contributed by atoms with Crippen molar-refractivity contribution in [3.8, 4) is 0 Å². The van der Waals surface area contributed by atoms with Crippen LogP contribution in [0.4, 0.5) is 10.1 Å². The predicted octanol–water partition coefficient (Wildman–Crippen LogP) is 3.24. The van der Waals surface area contributed by atoms with Gasteiger partial charge in [0.25, 0.3) is 0 Å². The lowest BCUT2D eigenvalue weighted by atomic mass is 10.2. The standard InChI is InChI=1S/C7H6Br2FN/c1-3-6(10)4(8)2-5(9)7(3)11/h2H,11H2,1H3. The SMILES string of the molecule is Cc1c(N)c(Br)cc(Br)c1F. The van der Waals surface area contributed by atoms with E-state index in [0.717, 1.165) is 0 Å². The van der Waals surface area contributed by atoms with Gasteiger partial charge in [0, 0.05) is 10.0 Å². The van der Waals surface area contributed by atoms with E-state index in [1.54, 1.807) is 13.0 Å². The van der Waals surface area contributed by atoms with Crippen LogP contribution >= 0.6 is 31.9 Å². The van der Waals surface area contributed by atoms with Gasteiger partial charge in [-0.2, -0.15) is 0 Å². The van der Waals surface area contributed by atoms with Gasteiger partial charge in [-0.15, -0.1) is 0 Å². The summed E-state index contributed by atoms with van der Waals surface area (Å²) in [5.74, 6) is -0.300. The molecule has 0 unspecified atom stereocenters. The summed E-state index contributed by atoms with van der Waals surface area (Å²) in [5.41, 5.74) is 6.46. The van der Waals surface area contributed by atoms with Crippen LogP contribution in [0.25, 0.3) is 0 Å². The predicted molar refractivity (Wildman–Crippen MR) is 50.9 cm³/mol. The highest BCUT2D eigenvalue weighted by Gasteiger charge is 2.08. The Bertz CT molecular complexity index is 273. The molecule has 0 aliphatic rings. The van der Waals surface area contributed by atoms with E-state index < -0.39 is 0 Å². The van der Waals surface area contributed by atoms with Gasteiger partial charge in [-0.25, -0.2) is 4.39 Å². The molecule has 0 atom stereocenters. The van der Waals surface area contributed by atoms with Gasteiger partial charge in [-0.3, -0.25) is 0 Å². The average Bonchev–Trinajstić information content (AvgIpc) is 1.97. The third-order valence-electron chi connectivity index (χ3n) is 1.45. The molecule has 0 spiro atoms. The molecule has 0 aromatic heterocycles. The van der Waals surface area contributed by atoms with Gasteiger partial charge in [0.15, 0.2) is 0 Å². The van der Waals surface area contributed by atoms with Crippen LogP contribution in [0.1, 0.15) is 5.56 Å². The maximum absolute atomic E-state index is 13.0. The lowest BCUT2D eigenvalue weighted by Gasteiger charge is -2.05. The van der Waals surface area contributed by atoms with Crippen LogP contribution in [0.2, 0.25) is 0 Å². The maximum atomic E-state index is 13.0. The molecule has 11 heavy (non-hydrogen) atoms. The zero-order valence-electron chi connectivity index (χ0n) is 5.79. The molecule has 0 amide bonds. The monoisotopic (exact) mass is 281 g/mol.